The molecule has 0 aliphatic carbocycles. The van der Waals surface area contributed by atoms with E-state index in [1.54, 1.807) is 38.1 Å². The minimum atomic E-state index is -4.20. The third-order valence-corrected chi connectivity index (χ3v) is 5.20. The molecule has 1 aliphatic rings. The number of allylic oxidation sites excluding steroid dienone is 1. The number of carbonyl (C=O) groups is 1. The number of sulfonamides is 1. The average molecular weight is 416 g/mol. The maximum absolute atomic E-state index is 12.8. The molecule has 0 bridgehead atoms. The number of fused-ring (bicyclic) bond motifs is 1. The lowest BCUT2D eigenvalue weighted by molar-refractivity contribution is -0.359. The second kappa shape index (κ2) is 8.36. The van der Waals surface area contributed by atoms with Crippen molar-refractivity contribution < 1.29 is 32.5 Å². The largest absolute Gasteiger partial charge is 0.611 e. The Balaban J connectivity index is 2.03. The molecule has 0 aromatic heterocycles. The van der Waals surface area contributed by atoms with Gasteiger partial charge in [-0.1, -0.05) is 19.1 Å². The fraction of sp³-hybridized carbons (Fsp3) is 0.200. The van der Waals surface area contributed by atoms with Gasteiger partial charge in [0, 0.05) is 5.56 Å². The molecule has 3 rings (SSSR count). The summed E-state index contributed by atoms with van der Waals surface area (Å²) in [5, 5.41) is 12.2. The van der Waals surface area contributed by atoms with Crippen LogP contribution in [0.2, 0.25) is 0 Å². The van der Waals surface area contributed by atoms with Crippen molar-refractivity contribution in [2.45, 2.75) is 18.7 Å². The van der Waals surface area contributed by atoms with Crippen LogP contribution in [0.25, 0.3) is 0 Å². The lowest BCUT2D eigenvalue weighted by atomic mass is 10.1. The summed E-state index contributed by atoms with van der Waals surface area (Å²) in [5.74, 6) is -1.35. The quantitative estimate of drug-likeness (QED) is 0.522. The number of benzene rings is 2. The molecule has 2 aromatic rings. The van der Waals surface area contributed by atoms with Crippen LogP contribution in [-0.4, -0.2) is 33.3 Å². The van der Waals surface area contributed by atoms with E-state index >= 15 is 0 Å². The number of hydrogen-bond donors (Lipinski definition) is 0. The number of esters is 1. The zero-order valence-electron chi connectivity index (χ0n) is 15.7. The van der Waals surface area contributed by atoms with Gasteiger partial charge in [0.15, 0.2) is 5.76 Å². The lowest BCUT2D eigenvalue weighted by Gasteiger charge is -2.15. The number of ether oxygens (including phenoxy) is 3. The molecule has 8 nitrogen and oxygen atoms in total. The van der Waals surface area contributed by atoms with Gasteiger partial charge in [-0.2, -0.15) is 12.8 Å². The summed E-state index contributed by atoms with van der Waals surface area (Å²) in [6, 6.07) is 11.7. The molecular weight excluding hydrogens is 398 g/mol. The Kier molecular flexibility index (Phi) is 5.88. The number of para-hydroxylation sites is 1. The van der Waals surface area contributed by atoms with Crippen LogP contribution in [0.3, 0.4) is 0 Å². The van der Waals surface area contributed by atoms with E-state index in [4.69, 9.17) is 14.2 Å². The van der Waals surface area contributed by atoms with Crippen LogP contribution in [0.15, 0.2) is 69.5 Å². The minimum Gasteiger partial charge on any atom is -0.611 e. The minimum absolute atomic E-state index is 0.0946. The van der Waals surface area contributed by atoms with E-state index in [9.17, 15) is 18.3 Å². The van der Waals surface area contributed by atoms with Crippen LogP contribution < -0.4 is 9.84 Å². The molecule has 1 heterocycles. The first kappa shape index (κ1) is 20.4. The third kappa shape index (κ3) is 4.24. The normalized spacial score (nSPS) is 16.1. The van der Waals surface area contributed by atoms with E-state index in [0.717, 1.165) is 0 Å². The summed E-state index contributed by atoms with van der Waals surface area (Å²) in [4.78, 5) is 11.6. The smallest absolute Gasteiger partial charge is 0.338 e. The molecule has 0 spiro atoms. The van der Waals surface area contributed by atoms with Gasteiger partial charge in [0.25, 0.3) is 10.0 Å². The van der Waals surface area contributed by atoms with Gasteiger partial charge in [-0.25, -0.2) is 4.79 Å². The van der Waals surface area contributed by atoms with Crippen molar-refractivity contribution >= 4 is 21.7 Å². The first-order valence-electron chi connectivity index (χ1n) is 8.81. The Morgan fingerprint density at radius 1 is 1.03 bits per heavy atom. The Labute approximate surface area is 168 Å². The van der Waals surface area contributed by atoms with Gasteiger partial charge in [0.05, 0.1) is 23.0 Å². The van der Waals surface area contributed by atoms with Crippen molar-refractivity contribution in [3.63, 3.8) is 0 Å². The predicted octanol–water partition coefficient (Wildman–Crippen LogP) is 2.00. The SMILES string of the molecule is CCOC(=O)c1ccc(S(=O)(=O)N=C2C(=C([O-])OCC)Oc3ccccc32)cc1. The van der Waals surface area contributed by atoms with Gasteiger partial charge in [-0.05, 0) is 49.9 Å². The van der Waals surface area contributed by atoms with Gasteiger partial charge in [0.1, 0.15) is 11.5 Å². The Morgan fingerprint density at radius 3 is 2.34 bits per heavy atom. The molecule has 0 saturated carbocycles. The summed E-state index contributed by atoms with van der Waals surface area (Å²) < 4.78 is 44.7. The van der Waals surface area contributed by atoms with E-state index in [2.05, 4.69) is 4.40 Å². The van der Waals surface area contributed by atoms with E-state index in [-0.39, 0.29) is 35.1 Å². The second-order valence-electron chi connectivity index (χ2n) is 5.81. The van der Waals surface area contributed by atoms with Crippen LogP contribution in [0, 0.1) is 0 Å². The summed E-state index contributed by atoms with van der Waals surface area (Å²) in [5.41, 5.74) is 0.447. The average Bonchev–Trinajstić information content (AvgIpc) is 3.06. The summed E-state index contributed by atoms with van der Waals surface area (Å²) in [6.07, 6.45) is 0. The molecule has 0 N–H and O–H groups in total. The van der Waals surface area contributed by atoms with Gasteiger partial charge in [0.2, 0.25) is 0 Å². The van der Waals surface area contributed by atoms with Crippen molar-refractivity contribution in [2.24, 2.45) is 4.40 Å². The standard InChI is InChI=1S/C20H19NO7S/c1-3-26-19(22)13-9-11-14(12-10-13)29(24,25)21-17-15-7-5-6-8-16(15)28-18(17)20(23)27-4-2/h5-12,23H,3-4H2,1-2H3/p-1. The van der Waals surface area contributed by atoms with Crippen LogP contribution >= 0.6 is 0 Å². The topological polar surface area (TPSA) is 114 Å². The molecule has 0 radical (unpaired) electrons. The second-order valence-corrected chi connectivity index (χ2v) is 7.41. The monoisotopic (exact) mass is 416 g/mol. The fourth-order valence-corrected chi connectivity index (χ4v) is 3.61. The Hall–Kier alpha value is -3.33. The van der Waals surface area contributed by atoms with Gasteiger partial charge in [-0.15, -0.1) is 0 Å². The van der Waals surface area contributed by atoms with E-state index in [1.165, 1.54) is 24.3 Å². The molecule has 152 valence electrons. The van der Waals surface area contributed by atoms with E-state index in [0.29, 0.717) is 11.3 Å². The molecule has 29 heavy (non-hydrogen) atoms. The maximum Gasteiger partial charge on any atom is 0.338 e. The molecule has 9 heteroatoms. The molecule has 0 unspecified atom stereocenters. The number of hydrogen-bond acceptors (Lipinski definition) is 7. The van der Waals surface area contributed by atoms with Crippen molar-refractivity contribution in [3.05, 3.63) is 71.4 Å². The molecule has 1 aliphatic heterocycles. The van der Waals surface area contributed by atoms with E-state index in [1.807, 2.05) is 0 Å². The van der Waals surface area contributed by atoms with Crippen LogP contribution in [0.4, 0.5) is 0 Å². The van der Waals surface area contributed by atoms with Crippen molar-refractivity contribution in [2.75, 3.05) is 13.2 Å². The van der Waals surface area contributed by atoms with E-state index < -0.39 is 21.9 Å². The highest BCUT2D eigenvalue weighted by Gasteiger charge is 2.29. The highest BCUT2D eigenvalue weighted by atomic mass is 32.2. The molecular formula is C20H18NO7S-. The fourth-order valence-electron chi connectivity index (χ4n) is 2.61. The Morgan fingerprint density at radius 2 is 1.69 bits per heavy atom. The number of carbonyl (C=O) groups excluding carboxylic acids is 1. The first-order valence-corrected chi connectivity index (χ1v) is 10.2. The summed E-state index contributed by atoms with van der Waals surface area (Å²) in [7, 11) is -4.20. The number of rotatable bonds is 6. The number of nitrogens with zero attached hydrogens (tertiary/aromatic N) is 1. The maximum atomic E-state index is 12.8. The summed E-state index contributed by atoms with van der Waals surface area (Å²) >= 11 is 0. The third-order valence-electron chi connectivity index (χ3n) is 3.90. The molecule has 0 saturated heterocycles. The zero-order chi connectivity index (χ0) is 21.0. The van der Waals surface area contributed by atoms with Crippen molar-refractivity contribution in [1.82, 2.24) is 0 Å². The van der Waals surface area contributed by atoms with Crippen LogP contribution in [0.1, 0.15) is 29.8 Å². The zero-order valence-corrected chi connectivity index (χ0v) is 16.6. The highest BCUT2D eigenvalue weighted by Crippen LogP contribution is 2.33. The molecule has 2 aromatic carbocycles. The Bertz CT molecular complexity index is 1090. The predicted molar refractivity (Wildman–Crippen MR) is 102 cm³/mol. The van der Waals surface area contributed by atoms with Gasteiger partial charge < -0.3 is 19.3 Å². The van der Waals surface area contributed by atoms with Crippen molar-refractivity contribution in [1.29, 1.82) is 0 Å². The van der Waals surface area contributed by atoms with Gasteiger partial charge >= 0.3 is 5.97 Å². The van der Waals surface area contributed by atoms with Gasteiger partial charge in [-0.3, -0.25) is 0 Å². The van der Waals surface area contributed by atoms with Crippen LogP contribution in [0.5, 0.6) is 5.75 Å². The highest BCUT2D eigenvalue weighted by molar-refractivity contribution is 7.90. The molecule has 0 amide bonds. The van der Waals surface area contributed by atoms with Crippen LogP contribution in [-0.2, 0) is 19.5 Å². The van der Waals surface area contributed by atoms with Crippen molar-refractivity contribution in [3.8, 4) is 5.75 Å². The lowest BCUT2D eigenvalue weighted by Crippen LogP contribution is -2.18. The molecule has 0 fully saturated rings. The molecule has 0 atom stereocenters. The first-order chi connectivity index (χ1) is 13.9. The summed E-state index contributed by atoms with van der Waals surface area (Å²) in [6.45, 7) is 3.60.